The number of thiophene rings is 1. The van der Waals surface area contributed by atoms with E-state index in [0.717, 1.165) is 17.3 Å². The maximum absolute atomic E-state index is 5.94. The third kappa shape index (κ3) is 4.35. The van der Waals surface area contributed by atoms with Crippen LogP contribution in [0.15, 0.2) is 12.1 Å². The molecule has 1 rings (SSSR count). The molecule has 0 saturated heterocycles. The minimum absolute atomic E-state index is 0.456. The highest BCUT2D eigenvalue weighted by atomic mass is 35.5. The van der Waals surface area contributed by atoms with Crippen LogP contribution in [0.1, 0.15) is 31.2 Å². The van der Waals surface area contributed by atoms with Crippen LogP contribution in [0.3, 0.4) is 0 Å². The van der Waals surface area contributed by atoms with E-state index in [2.05, 4.69) is 31.5 Å². The van der Waals surface area contributed by atoms with Gasteiger partial charge >= 0.3 is 0 Å². The summed E-state index contributed by atoms with van der Waals surface area (Å²) in [6.45, 7) is 5.50. The minimum Gasteiger partial charge on any atom is -0.308 e. The van der Waals surface area contributed by atoms with Crippen LogP contribution in [-0.2, 0) is 0 Å². The van der Waals surface area contributed by atoms with Gasteiger partial charge in [-0.1, -0.05) is 25.4 Å². The molecule has 2 unspecified atom stereocenters. The SMILES string of the molecule is CCC(NCC(C)SC)c1ccc(Cl)s1. The number of halogens is 1. The first kappa shape index (κ1) is 13.4. The van der Waals surface area contributed by atoms with E-state index in [4.69, 9.17) is 11.6 Å². The third-order valence-corrected chi connectivity index (χ3v) is 4.72. The lowest BCUT2D eigenvalue weighted by molar-refractivity contribution is 0.530. The van der Waals surface area contributed by atoms with Crippen LogP contribution in [0, 0.1) is 0 Å². The number of rotatable bonds is 6. The zero-order valence-corrected chi connectivity index (χ0v) is 11.8. The summed E-state index contributed by atoms with van der Waals surface area (Å²) in [5.74, 6) is 0. The Morgan fingerprint density at radius 2 is 2.27 bits per heavy atom. The van der Waals surface area contributed by atoms with Crippen LogP contribution >= 0.6 is 34.7 Å². The van der Waals surface area contributed by atoms with E-state index in [0.29, 0.717) is 11.3 Å². The van der Waals surface area contributed by atoms with Crippen LogP contribution in [0.2, 0.25) is 4.34 Å². The molecule has 0 aliphatic carbocycles. The number of hydrogen-bond acceptors (Lipinski definition) is 3. The van der Waals surface area contributed by atoms with Crippen molar-refractivity contribution in [1.29, 1.82) is 0 Å². The van der Waals surface area contributed by atoms with Gasteiger partial charge in [0.1, 0.15) is 0 Å². The molecule has 0 aliphatic heterocycles. The van der Waals surface area contributed by atoms with Crippen molar-refractivity contribution in [2.45, 2.75) is 31.6 Å². The molecule has 1 nitrogen and oxygen atoms in total. The van der Waals surface area contributed by atoms with Crippen LogP contribution < -0.4 is 5.32 Å². The molecular weight excluding hydrogens is 246 g/mol. The topological polar surface area (TPSA) is 12.0 Å². The van der Waals surface area contributed by atoms with Crippen molar-refractivity contribution in [3.8, 4) is 0 Å². The normalized spacial score (nSPS) is 15.2. The van der Waals surface area contributed by atoms with E-state index in [1.54, 1.807) is 11.3 Å². The largest absolute Gasteiger partial charge is 0.308 e. The predicted molar refractivity (Wildman–Crippen MR) is 73.3 cm³/mol. The Balaban J connectivity index is 2.49. The summed E-state index contributed by atoms with van der Waals surface area (Å²) in [7, 11) is 0. The average molecular weight is 264 g/mol. The minimum atomic E-state index is 0.456. The van der Waals surface area contributed by atoms with Crippen molar-refractivity contribution in [3.05, 3.63) is 21.3 Å². The first-order valence-electron chi connectivity index (χ1n) is 5.18. The van der Waals surface area contributed by atoms with Crippen LogP contribution in [0.25, 0.3) is 0 Å². The second kappa shape index (κ2) is 6.79. The Kier molecular flexibility index (Phi) is 6.05. The van der Waals surface area contributed by atoms with Crippen LogP contribution in [0.4, 0.5) is 0 Å². The maximum atomic E-state index is 5.94. The Hall–Kier alpha value is 0.300. The van der Waals surface area contributed by atoms with Crippen molar-refractivity contribution in [1.82, 2.24) is 5.32 Å². The van der Waals surface area contributed by atoms with E-state index in [1.165, 1.54) is 4.88 Å². The highest BCUT2D eigenvalue weighted by Gasteiger charge is 2.11. The van der Waals surface area contributed by atoms with Crippen molar-refractivity contribution in [3.63, 3.8) is 0 Å². The van der Waals surface area contributed by atoms with Crippen LogP contribution in [-0.4, -0.2) is 18.1 Å². The van der Waals surface area contributed by atoms with Gasteiger partial charge in [-0.3, -0.25) is 0 Å². The van der Waals surface area contributed by atoms with Gasteiger partial charge < -0.3 is 5.32 Å². The van der Waals surface area contributed by atoms with E-state index in [9.17, 15) is 0 Å². The fourth-order valence-corrected chi connectivity index (χ4v) is 2.84. The summed E-state index contributed by atoms with van der Waals surface area (Å²) in [6, 6.07) is 4.55. The number of hydrogen-bond donors (Lipinski definition) is 1. The molecule has 4 heteroatoms. The van der Waals surface area contributed by atoms with Gasteiger partial charge in [-0.05, 0) is 24.8 Å². The summed E-state index contributed by atoms with van der Waals surface area (Å²) in [5, 5.41) is 4.24. The van der Waals surface area contributed by atoms with Gasteiger partial charge in [0.2, 0.25) is 0 Å². The van der Waals surface area contributed by atoms with Gasteiger partial charge in [-0.2, -0.15) is 11.8 Å². The fraction of sp³-hybridized carbons (Fsp3) is 0.636. The molecule has 0 amide bonds. The van der Waals surface area contributed by atoms with Gasteiger partial charge in [0.25, 0.3) is 0 Å². The first-order valence-corrected chi connectivity index (χ1v) is 7.67. The molecular formula is C11H18ClNS2. The van der Waals surface area contributed by atoms with E-state index >= 15 is 0 Å². The smallest absolute Gasteiger partial charge is 0.0931 e. The van der Waals surface area contributed by atoms with Crippen molar-refractivity contribution in [2.24, 2.45) is 0 Å². The molecule has 1 aromatic rings. The molecule has 0 fully saturated rings. The van der Waals surface area contributed by atoms with E-state index in [-0.39, 0.29) is 0 Å². The molecule has 0 aromatic carbocycles. The van der Waals surface area contributed by atoms with Crippen molar-refractivity contribution < 1.29 is 0 Å². The molecule has 1 N–H and O–H groups in total. The molecule has 0 spiro atoms. The van der Waals surface area contributed by atoms with Crippen molar-refractivity contribution >= 4 is 34.7 Å². The standard InChI is InChI=1S/C11H18ClNS2/c1-4-9(13-7-8(2)14-3)10-5-6-11(12)15-10/h5-6,8-9,13H,4,7H2,1-3H3. The van der Waals surface area contributed by atoms with Gasteiger partial charge in [-0.25, -0.2) is 0 Å². The Morgan fingerprint density at radius 3 is 2.73 bits per heavy atom. The highest BCUT2D eigenvalue weighted by molar-refractivity contribution is 7.99. The molecule has 0 saturated carbocycles. The lowest BCUT2D eigenvalue weighted by Crippen LogP contribution is -2.26. The Bertz CT molecular complexity index is 288. The lowest BCUT2D eigenvalue weighted by atomic mass is 10.2. The second-order valence-electron chi connectivity index (χ2n) is 3.56. The molecule has 1 heterocycles. The van der Waals surface area contributed by atoms with Gasteiger partial charge in [0, 0.05) is 22.7 Å². The summed E-state index contributed by atoms with van der Waals surface area (Å²) in [5.41, 5.74) is 0. The zero-order valence-electron chi connectivity index (χ0n) is 9.42. The van der Waals surface area contributed by atoms with E-state index < -0.39 is 0 Å². The van der Waals surface area contributed by atoms with E-state index in [1.807, 2.05) is 17.8 Å². The monoisotopic (exact) mass is 263 g/mol. The fourth-order valence-electron chi connectivity index (χ4n) is 1.35. The van der Waals surface area contributed by atoms with Crippen LogP contribution in [0.5, 0.6) is 0 Å². The molecule has 2 atom stereocenters. The molecule has 15 heavy (non-hydrogen) atoms. The second-order valence-corrected chi connectivity index (χ2v) is 6.58. The summed E-state index contributed by atoms with van der Waals surface area (Å²) in [4.78, 5) is 1.34. The van der Waals surface area contributed by atoms with Gasteiger partial charge in [0.05, 0.1) is 4.34 Å². The summed E-state index contributed by atoms with van der Waals surface area (Å²) >= 11 is 9.51. The Labute approximate surface area is 106 Å². The molecule has 0 radical (unpaired) electrons. The number of nitrogens with one attached hydrogen (secondary N) is 1. The molecule has 0 bridgehead atoms. The average Bonchev–Trinajstić information content (AvgIpc) is 2.65. The molecule has 86 valence electrons. The summed E-state index contributed by atoms with van der Waals surface area (Å²) < 4.78 is 0.878. The molecule has 0 aliphatic rings. The van der Waals surface area contributed by atoms with Crippen molar-refractivity contribution in [2.75, 3.05) is 12.8 Å². The third-order valence-electron chi connectivity index (χ3n) is 2.40. The highest BCUT2D eigenvalue weighted by Crippen LogP contribution is 2.28. The first-order chi connectivity index (χ1) is 7.17. The Morgan fingerprint density at radius 1 is 1.53 bits per heavy atom. The lowest BCUT2D eigenvalue weighted by Gasteiger charge is -2.17. The quantitative estimate of drug-likeness (QED) is 0.826. The predicted octanol–water partition coefficient (Wildman–Crippen LogP) is 4.19. The zero-order chi connectivity index (χ0) is 11.3. The van der Waals surface area contributed by atoms with Gasteiger partial charge in [-0.15, -0.1) is 11.3 Å². The summed E-state index contributed by atoms with van der Waals surface area (Å²) in [6.07, 6.45) is 3.26. The van der Waals surface area contributed by atoms with Gasteiger partial charge in [0.15, 0.2) is 0 Å². The number of thioether (sulfide) groups is 1. The maximum Gasteiger partial charge on any atom is 0.0931 e. The molecule has 1 aromatic heterocycles.